The highest BCUT2D eigenvalue weighted by molar-refractivity contribution is 5.80. The van der Waals surface area contributed by atoms with Crippen molar-refractivity contribution in [1.82, 2.24) is 10.2 Å². The second kappa shape index (κ2) is 5.32. The van der Waals surface area contributed by atoms with Crippen LogP contribution in [0.25, 0.3) is 0 Å². The van der Waals surface area contributed by atoms with Crippen LogP contribution >= 0.6 is 0 Å². The highest BCUT2D eigenvalue weighted by atomic mass is 16.2. The molecule has 14 heavy (non-hydrogen) atoms. The number of likely N-dealkylation sites (tertiary alicyclic amines) is 1. The molecule has 82 valence electrons. The lowest BCUT2D eigenvalue weighted by atomic mass is 10.2. The summed E-state index contributed by atoms with van der Waals surface area (Å²) in [6.45, 7) is 6.88. The van der Waals surface area contributed by atoms with Crippen molar-refractivity contribution >= 4 is 5.91 Å². The Kier molecular flexibility index (Phi) is 4.35. The van der Waals surface area contributed by atoms with Crippen LogP contribution < -0.4 is 11.1 Å². The average molecular weight is 199 g/mol. The summed E-state index contributed by atoms with van der Waals surface area (Å²) in [6, 6.07) is 0.0287. The van der Waals surface area contributed by atoms with Crippen molar-refractivity contribution in [1.29, 1.82) is 0 Å². The summed E-state index contributed by atoms with van der Waals surface area (Å²) in [4.78, 5) is 13.6. The van der Waals surface area contributed by atoms with Crippen LogP contribution in [0.4, 0.5) is 0 Å². The molecule has 0 aromatic heterocycles. The molecule has 0 saturated carbocycles. The van der Waals surface area contributed by atoms with Crippen molar-refractivity contribution < 1.29 is 4.79 Å². The number of nitrogens with one attached hydrogen (secondary N) is 1. The van der Waals surface area contributed by atoms with E-state index in [1.54, 1.807) is 6.92 Å². The molecule has 1 heterocycles. The van der Waals surface area contributed by atoms with Crippen molar-refractivity contribution in [2.45, 2.75) is 38.8 Å². The SMILES string of the molecule is CC(CNC(=O)[C@H](C)N)N1CCCC1. The second-order valence-corrected chi connectivity index (χ2v) is 4.13. The number of hydrogen-bond donors (Lipinski definition) is 2. The van der Waals surface area contributed by atoms with E-state index >= 15 is 0 Å². The highest BCUT2D eigenvalue weighted by Crippen LogP contribution is 2.10. The Hall–Kier alpha value is -0.610. The predicted octanol–water partition coefficient (Wildman–Crippen LogP) is -0.0659. The topological polar surface area (TPSA) is 58.4 Å². The molecule has 1 amide bonds. The molecule has 1 aliphatic rings. The van der Waals surface area contributed by atoms with Crippen LogP contribution in [-0.2, 0) is 4.79 Å². The Morgan fingerprint density at radius 2 is 2.00 bits per heavy atom. The van der Waals surface area contributed by atoms with E-state index in [-0.39, 0.29) is 5.91 Å². The fourth-order valence-corrected chi connectivity index (χ4v) is 1.72. The van der Waals surface area contributed by atoms with Gasteiger partial charge in [-0.2, -0.15) is 0 Å². The van der Waals surface area contributed by atoms with Crippen molar-refractivity contribution in [3.8, 4) is 0 Å². The van der Waals surface area contributed by atoms with Gasteiger partial charge in [0.05, 0.1) is 6.04 Å². The van der Waals surface area contributed by atoms with Crippen LogP contribution in [0.1, 0.15) is 26.7 Å². The van der Waals surface area contributed by atoms with E-state index in [1.165, 1.54) is 12.8 Å². The third kappa shape index (κ3) is 3.27. The van der Waals surface area contributed by atoms with Crippen molar-refractivity contribution in [3.05, 3.63) is 0 Å². The zero-order valence-corrected chi connectivity index (χ0v) is 9.12. The molecule has 0 aromatic rings. The molecular formula is C10H21N3O. The van der Waals surface area contributed by atoms with Gasteiger partial charge in [-0.15, -0.1) is 0 Å². The molecule has 0 aromatic carbocycles. The van der Waals surface area contributed by atoms with Gasteiger partial charge >= 0.3 is 0 Å². The van der Waals surface area contributed by atoms with Crippen LogP contribution in [0.3, 0.4) is 0 Å². The molecular weight excluding hydrogens is 178 g/mol. The molecule has 3 N–H and O–H groups in total. The van der Waals surface area contributed by atoms with E-state index in [9.17, 15) is 4.79 Å². The smallest absolute Gasteiger partial charge is 0.236 e. The molecule has 4 heteroatoms. The Labute approximate surface area is 85.8 Å². The first-order valence-electron chi connectivity index (χ1n) is 5.38. The maximum Gasteiger partial charge on any atom is 0.236 e. The van der Waals surface area contributed by atoms with Crippen LogP contribution in [0, 0.1) is 0 Å². The molecule has 1 saturated heterocycles. The van der Waals surface area contributed by atoms with Crippen LogP contribution in [0.5, 0.6) is 0 Å². The van der Waals surface area contributed by atoms with Gasteiger partial charge in [0.1, 0.15) is 0 Å². The van der Waals surface area contributed by atoms with Gasteiger partial charge < -0.3 is 11.1 Å². The van der Waals surface area contributed by atoms with Gasteiger partial charge in [-0.05, 0) is 39.8 Å². The van der Waals surface area contributed by atoms with Crippen molar-refractivity contribution in [2.75, 3.05) is 19.6 Å². The van der Waals surface area contributed by atoms with E-state index in [1.807, 2.05) is 0 Å². The standard InChI is InChI=1S/C10H21N3O/c1-8(13-5-3-4-6-13)7-12-10(14)9(2)11/h8-9H,3-7,11H2,1-2H3,(H,12,14)/t8?,9-/m0/s1. The van der Waals surface area contributed by atoms with Gasteiger partial charge in [0.15, 0.2) is 0 Å². The minimum Gasteiger partial charge on any atom is -0.353 e. The molecule has 0 spiro atoms. The Morgan fingerprint density at radius 1 is 1.43 bits per heavy atom. The van der Waals surface area contributed by atoms with Gasteiger partial charge in [0.25, 0.3) is 0 Å². The fourth-order valence-electron chi connectivity index (χ4n) is 1.72. The largest absolute Gasteiger partial charge is 0.353 e. The first-order valence-corrected chi connectivity index (χ1v) is 5.38. The molecule has 1 rings (SSSR count). The molecule has 1 unspecified atom stereocenters. The lowest BCUT2D eigenvalue weighted by Gasteiger charge is -2.24. The summed E-state index contributed by atoms with van der Waals surface area (Å²) >= 11 is 0. The zero-order valence-electron chi connectivity index (χ0n) is 9.12. The lowest BCUT2D eigenvalue weighted by molar-refractivity contribution is -0.122. The molecule has 1 aliphatic heterocycles. The number of amides is 1. The van der Waals surface area contributed by atoms with Crippen molar-refractivity contribution in [3.63, 3.8) is 0 Å². The van der Waals surface area contributed by atoms with E-state index in [4.69, 9.17) is 5.73 Å². The number of nitrogens with two attached hydrogens (primary N) is 1. The molecule has 1 fully saturated rings. The van der Waals surface area contributed by atoms with E-state index in [2.05, 4.69) is 17.1 Å². The number of carbonyl (C=O) groups is 1. The molecule has 0 radical (unpaired) electrons. The second-order valence-electron chi connectivity index (χ2n) is 4.13. The van der Waals surface area contributed by atoms with E-state index in [0.717, 1.165) is 13.1 Å². The van der Waals surface area contributed by atoms with Crippen LogP contribution in [0.2, 0.25) is 0 Å². The number of nitrogens with zero attached hydrogens (tertiary/aromatic N) is 1. The number of carbonyl (C=O) groups excluding carboxylic acids is 1. The summed E-state index contributed by atoms with van der Waals surface area (Å²) < 4.78 is 0. The monoisotopic (exact) mass is 199 g/mol. The minimum atomic E-state index is -0.402. The van der Waals surface area contributed by atoms with Gasteiger partial charge in [0.2, 0.25) is 5.91 Å². The molecule has 4 nitrogen and oxygen atoms in total. The molecule has 0 bridgehead atoms. The summed E-state index contributed by atoms with van der Waals surface area (Å²) in [5.41, 5.74) is 5.45. The Balaban J connectivity index is 2.20. The Bertz CT molecular complexity index is 188. The third-order valence-corrected chi connectivity index (χ3v) is 2.75. The number of rotatable bonds is 4. The minimum absolute atomic E-state index is 0.0592. The fraction of sp³-hybridized carbons (Fsp3) is 0.900. The summed E-state index contributed by atoms with van der Waals surface area (Å²) in [7, 11) is 0. The summed E-state index contributed by atoms with van der Waals surface area (Å²) in [5, 5.41) is 2.85. The van der Waals surface area contributed by atoms with E-state index in [0.29, 0.717) is 12.6 Å². The lowest BCUT2D eigenvalue weighted by Crippen LogP contribution is -2.45. The maximum absolute atomic E-state index is 11.2. The van der Waals surface area contributed by atoms with Crippen molar-refractivity contribution in [2.24, 2.45) is 5.73 Å². The van der Waals surface area contributed by atoms with Gasteiger partial charge in [0, 0.05) is 12.6 Å². The first kappa shape index (κ1) is 11.5. The average Bonchev–Trinajstić information content (AvgIpc) is 2.66. The first-order chi connectivity index (χ1) is 6.61. The number of hydrogen-bond acceptors (Lipinski definition) is 3. The quantitative estimate of drug-likeness (QED) is 0.666. The molecule has 0 aliphatic carbocycles. The van der Waals surface area contributed by atoms with Crippen LogP contribution in [0.15, 0.2) is 0 Å². The van der Waals surface area contributed by atoms with Gasteiger partial charge in [-0.1, -0.05) is 0 Å². The third-order valence-electron chi connectivity index (χ3n) is 2.75. The van der Waals surface area contributed by atoms with E-state index < -0.39 is 6.04 Å². The maximum atomic E-state index is 11.2. The Morgan fingerprint density at radius 3 is 2.50 bits per heavy atom. The summed E-state index contributed by atoms with van der Waals surface area (Å²) in [6.07, 6.45) is 2.57. The molecule has 2 atom stereocenters. The van der Waals surface area contributed by atoms with Gasteiger partial charge in [-0.3, -0.25) is 9.69 Å². The van der Waals surface area contributed by atoms with Gasteiger partial charge in [-0.25, -0.2) is 0 Å². The summed E-state index contributed by atoms with van der Waals surface area (Å²) in [5.74, 6) is -0.0592. The normalized spacial score (nSPS) is 21.9. The zero-order chi connectivity index (χ0) is 10.6. The van der Waals surface area contributed by atoms with Crippen LogP contribution in [-0.4, -0.2) is 42.5 Å². The highest BCUT2D eigenvalue weighted by Gasteiger charge is 2.18. The predicted molar refractivity (Wildman–Crippen MR) is 56.9 cm³/mol.